The molecule has 0 saturated heterocycles. The van der Waals surface area contributed by atoms with Crippen LogP contribution in [0.1, 0.15) is 15.9 Å². The number of anilines is 1. The maximum absolute atomic E-state index is 14.4. The van der Waals surface area contributed by atoms with Crippen molar-refractivity contribution < 1.29 is 13.9 Å². The predicted molar refractivity (Wildman–Crippen MR) is 106 cm³/mol. The average molecular weight is 377 g/mol. The molecule has 6 heteroatoms. The summed E-state index contributed by atoms with van der Waals surface area (Å²) in [6.45, 7) is 1.54. The molecule has 1 N–H and O–H groups in total. The molecule has 1 aliphatic rings. The topological polar surface area (TPSA) is 54.5 Å². The number of halogens is 1. The Morgan fingerprint density at radius 1 is 1.25 bits per heavy atom. The Morgan fingerprint density at radius 2 is 2.11 bits per heavy atom. The number of benzene rings is 2. The molecule has 0 spiro atoms. The second-order valence-corrected chi connectivity index (χ2v) is 6.67. The SMILES string of the molecule is CN1CCOc2c(C(=O)NCc3cccnc3)cc(-c3ccccc3F)cc21. The maximum atomic E-state index is 14.4. The highest BCUT2D eigenvalue weighted by Crippen LogP contribution is 2.39. The van der Waals surface area contributed by atoms with Gasteiger partial charge in [0.25, 0.3) is 5.91 Å². The number of likely N-dealkylation sites (N-methyl/N-ethyl adjacent to an activating group) is 1. The van der Waals surface area contributed by atoms with Crippen molar-refractivity contribution in [3.63, 3.8) is 0 Å². The number of amides is 1. The minimum Gasteiger partial charge on any atom is -0.489 e. The Hall–Kier alpha value is -3.41. The molecule has 0 unspecified atom stereocenters. The number of nitrogens with zero attached hydrogens (tertiary/aromatic N) is 2. The highest BCUT2D eigenvalue weighted by molar-refractivity contribution is 6.00. The Morgan fingerprint density at radius 3 is 2.89 bits per heavy atom. The molecule has 2 aromatic carbocycles. The van der Waals surface area contributed by atoms with E-state index in [-0.39, 0.29) is 11.7 Å². The van der Waals surface area contributed by atoms with Crippen LogP contribution < -0.4 is 15.0 Å². The second-order valence-electron chi connectivity index (χ2n) is 6.67. The summed E-state index contributed by atoms with van der Waals surface area (Å²) < 4.78 is 20.2. The van der Waals surface area contributed by atoms with Gasteiger partial charge < -0.3 is 15.0 Å². The van der Waals surface area contributed by atoms with E-state index >= 15 is 0 Å². The van der Waals surface area contributed by atoms with Gasteiger partial charge in [0, 0.05) is 31.5 Å². The van der Waals surface area contributed by atoms with Crippen molar-refractivity contribution in [1.29, 1.82) is 0 Å². The number of ether oxygens (including phenoxy) is 1. The molecule has 0 fully saturated rings. The summed E-state index contributed by atoms with van der Waals surface area (Å²) in [6, 6.07) is 13.8. The number of carbonyl (C=O) groups excluding carboxylic acids is 1. The zero-order valence-electron chi connectivity index (χ0n) is 15.5. The van der Waals surface area contributed by atoms with Crippen molar-refractivity contribution in [2.24, 2.45) is 0 Å². The smallest absolute Gasteiger partial charge is 0.255 e. The van der Waals surface area contributed by atoms with E-state index in [1.807, 2.05) is 30.1 Å². The molecule has 142 valence electrons. The van der Waals surface area contributed by atoms with Gasteiger partial charge in [0.05, 0.1) is 17.8 Å². The van der Waals surface area contributed by atoms with Crippen LogP contribution in [0.4, 0.5) is 10.1 Å². The first-order valence-corrected chi connectivity index (χ1v) is 9.07. The molecule has 5 nitrogen and oxygen atoms in total. The van der Waals surface area contributed by atoms with E-state index in [4.69, 9.17) is 4.74 Å². The molecular formula is C22H20FN3O2. The van der Waals surface area contributed by atoms with Crippen LogP contribution in [0.3, 0.4) is 0 Å². The van der Waals surface area contributed by atoms with Crippen LogP contribution >= 0.6 is 0 Å². The van der Waals surface area contributed by atoms with Crippen molar-refractivity contribution in [3.05, 3.63) is 77.9 Å². The van der Waals surface area contributed by atoms with Gasteiger partial charge in [0.15, 0.2) is 5.75 Å². The van der Waals surface area contributed by atoms with Crippen LogP contribution in [0.15, 0.2) is 60.9 Å². The van der Waals surface area contributed by atoms with Gasteiger partial charge in [-0.2, -0.15) is 0 Å². The lowest BCUT2D eigenvalue weighted by atomic mass is 9.99. The van der Waals surface area contributed by atoms with E-state index in [0.29, 0.717) is 42.1 Å². The van der Waals surface area contributed by atoms with Crippen molar-refractivity contribution in [3.8, 4) is 16.9 Å². The highest BCUT2D eigenvalue weighted by atomic mass is 19.1. The average Bonchev–Trinajstić information content (AvgIpc) is 2.73. The van der Waals surface area contributed by atoms with E-state index in [2.05, 4.69) is 10.3 Å². The predicted octanol–water partition coefficient (Wildman–Crippen LogP) is 3.65. The number of nitrogens with one attached hydrogen (secondary N) is 1. The van der Waals surface area contributed by atoms with Gasteiger partial charge in [0.1, 0.15) is 12.4 Å². The summed E-state index contributed by atoms with van der Waals surface area (Å²) in [4.78, 5) is 19.0. The molecule has 2 heterocycles. The standard InChI is InChI=1S/C22H20FN3O2/c1-26-9-10-28-21-18(22(27)25-14-15-5-4-8-24-13-15)11-16(12-20(21)26)17-6-2-3-7-19(17)23/h2-8,11-13H,9-10,14H2,1H3,(H,25,27). The molecule has 3 aromatic rings. The fourth-order valence-electron chi connectivity index (χ4n) is 3.25. The number of pyridine rings is 1. The summed E-state index contributed by atoms with van der Waals surface area (Å²) in [6.07, 6.45) is 3.39. The van der Waals surface area contributed by atoms with E-state index in [1.165, 1.54) is 6.07 Å². The number of fused-ring (bicyclic) bond motifs is 1. The van der Waals surface area contributed by atoms with Crippen LogP contribution in [0.5, 0.6) is 5.75 Å². The first kappa shape index (κ1) is 18.0. The van der Waals surface area contributed by atoms with Crippen molar-refractivity contribution >= 4 is 11.6 Å². The van der Waals surface area contributed by atoms with E-state index in [0.717, 1.165) is 11.3 Å². The normalized spacial score (nSPS) is 12.9. The van der Waals surface area contributed by atoms with Gasteiger partial charge in [-0.1, -0.05) is 24.3 Å². The van der Waals surface area contributed by atoms with Crippen LogP contribution in [0.2, 0.25) is 0 Å². The lowest BCUT2D eigenvalue weighted by Gasteiger charge is -2.30. The van der Waals surface area contributed by atoms with Crippen LogP contribution in [-0.4, -0.2) is 31.1 Å². The van der Waals surface area contributed by atoms with E-state index < -0.39 is 0 Å². The van der Waals surface area contributed by atoms with Gasteiger partial charge in [-0.3, -0.25) is 9.78 Å². The summed E-state index contributed by atoms with van der Waals surface area (Å²) in [5.74, 6) is -0.0744. The third-order valence-corrected chi connectivity index (χ3v) is 4.76. The molecule has 4 rings (SSSR count). The number of hydrogen-bond acceptors (Lipinski definition) is 4. The van der Waals surface area contributed by atoms with Crippen LogP contribution in [-0.2, 0) is 6.54 Å². The molecule has 1 aliphatic heterocycles. The molecule has 0 aliphatic carbocycles. The van der Waals surface area contributed by atoms with Crippen molar-refractivity contribution in [2.75, 3.05) is 25.1 Å². The molecule has 28 heavy (non-hydrogen) atoms. The largest absolute Gasteiger partial charge is 0.489 e. The number of rotatable bonds is 4. The summed E-state index contributed by atoms with van der Waals surface area (Å²) >= 11 is 0. The maximum Gasteiger partial charge on any atom is 0.255 e. The minimum atomic E-state index is -0.330. The van der Waals surface area contributed by atoms with Crippen LogP contribution in [0, 0.1) is 5.82 Å². The van der Waals surface area contributed by atoms with Gasteiger partial charge in [-0.05, 0) is 35.4 Å². The van der Waals surface area contributed by atoms with E-state index in [1.54, 1.807) is 36.7 Å². The van der Waals surface area contributed by atoms with Gasteiger partial charge in [0.2, 0.25) is 0 Å². The molecule has 0 bridgehead atoms. The Kier molecular flexibility index (Phi) is 4.93. The monoisotopic (exact) mass is 377 g/mol. The van der Waals surface area contributed by atoms with Crippen LogP contribution in [0.25, 0.3) is 11.1 Å². The van der Waals surface area contributed by atoms with Gasteiger partial charge in [-0.25, -0.2) is 4.39 Å². The second kappa shape index (κ2) is 7.68. The van der Waals surface area contributed by atoms with Crippen molar-refractivity contribution in [1.82, 2.24) is 10.3 Å². The summed E-state index contributed by atoms with van der Waals surface area (Å²) in [5, 5.41) is 2.90. The molecule has 0 radical (unpaired) electrons. The third kappa shape index (κ3) is 3.53. The van der Waals surface area contributed by atoms with Gasteiger partial charge in [-0.15, -0.1) is 0 Å². The minimum absolute atomic E-state index is 0.270. The Labute approximate surface area is 162 Å². The third-order valence-electron chi connectivity index (χ3n) is 4.76. The van der Waals surface area contributed by atoms with Gasteiger partial charge >= 0.3 is 0 Å². The Balaban J connectivity index is 1.72. The zero-order valence-corrected chi connectivity index (χ0v) is 15.5. The number of hydrogen-bond donors (Lipinski definition) is 1. The highest BCUT2D eigenvalue weighted by Gasteiger charge is 2.24. The molecule has 0 atom stereocenters. The summed E-state index contributed by atoms with van der Waals surface area (Å²) in [5.41, 5.74) is 3.16. The van der Waals surface area contributed by atoms with E-state index in [9.17, 15) is 9.18 Å². The lowest BCUT2D eigenvalue weighted by Crippen LogP contribution is -2.31. The fraction of sp³-hybridized carbons (Fsp3) is 0.182. The fourth-order valence-corrected chi connectivity index (χ4v) is 3.25. The quantitative estimate of drug-likeness (QED) is 0.754. The molecule has 0 saturated carbocycles. The molecule has 1 aromatic heterocycles. The zero-order chi connectivity index (χ0) is 19.5. The lowest BCUT2D eigenvalue weighted by molar-refractivity contribution is 0.0946. The summed E-state index contributed by atoms with van der Waals surface area (Å²) in [7, 11) is 1.93. The first-order valence-electron chi connectivity index (χ1n) is 9.07. The Bertz CT molecular complexity index is 1010. The first-order chi connectivity index (χ1) is 13.6. The number of carbonyl (C=O) groups is 1. The van der Waals surface area contributed by atoms with Crippen molar-refractivity contribution in [2.45, 2.75) is 6.54 Å². The molecular weight excluding hydrogens is 357 g/mol. The molecule has 1 amide bonds. The number of aromatic nitrogens is 1.